The molecule has 2 heterocycles. The van der Waals surface area contributed by atoms with Gasteiger partial charge in [0.15, 0.2) is 0 Å². The number of carbonyl (C=O) groups is 1. The molecular formula is C10H17NO3. The van der Waals surface area contributed by atoms with Gasteiger partial charge in [-0.25, -0.2) is 0 Å². The molecule has 0 aromatic carbocycles. The second-order valence-electron chi connectivity index (χ2n) is 4.35. The SMILES string of the molecule is O=C(O)C1CCC2(CCOCC2)NC1. The maximum Gasteiger partial charge on any atom is 0.307 e. The van der Waals surface area contributed by atoms with Gasteiger partial charge in [-0.05, 0) is 25.7 Å². The van der Waals surface area contributed by atoms with E-state index in [1.165, 1.54) is 0 Å². The van der Waals surface area contributed by atoms with E-state index in [4.69, 9.17) is 9.84 Å². The van der Waals surface area contributed by atoms with Gasteiger partial charge >= 0.3 is 5.97 Å². The van der Waals surface area contributed by atoms with Gasteiger partial charge in [0.05, 0.1) is 5.92 Å². The first-order valence-electron chi connectivity index (χ1n) is 5.27. The molecule has 0 aromatic rings. The minimum atomic E-state index is -0.667. The number of hydrogen-bond acceptors (Lipinski definition) is 3. The number of rotatable bonds is 1. The van der Waals surface area contributed by atoms with Crippen LogP contribution in [0.4, 0.5) is 0 Å². The minimum absolute atomic E-state index is 0.185. The first-order valence-corrected chi connectivity index (χ1v) is 5.27. The minimum Gasteiger partial charge on any atom is -0.481 e. The van der Waals surface area contributed by atoms with E-state index in [0.29, 0.717) is 6.54 Å². The van der Waals surface area contributed by atoms with E-state index >= 15 is 0 Å². The summed E-state index contributed by atoms with van der Waals surface area (Å²) in [7, 11) is 0. The first kappa shape index (κ1) is 9.93. The number of carboxylic acid groups (broad SMARTS) is 1. The van der Waals surface area contributed by atoms with Crippen LogP contribution < -0.4 is 5.32 Å². The summed E-state index contributed by atoms with van der Waals surface area (Å²) in [6.07, 6.45) is 3.84. The molecule has 1 spiro atoms. The highest BCUT2D eigenvalue weighted by Crippen LogP contribution is 2.31. The van der Waals surface area contributed by atoms with Crippen molar-refractivity contribution in [2.24, 2.45) is 5.92 Å². The van der Waals surface area contributed by atoms with Crippen LogP contribution in [0.15, 0.2) is 0 Å². The van der Waals surface area contributed by atoms with Gasteiger partial charge in [0, 0.05) is 25.3 Å². The van der Waals surface area contributed by atoms with Gasteiger partial charge in [-0.3, -0.25) is 4.79 Å². The Bertz CT molecular complexity index is 213. The van der Waals surface area contributed by atoms with Crippen molar-refractivity contribution >= 4 is 5.97 Å². The molecule has 1 unspecified atom stereocenters. The van der Waals surface area contributed by atoms with Crippen LogP contribution in [-0.2, 0) is 9.53 Å². The van der Waals surface area contributed by atoms with Gasteiger partial charge in [0.1, 0.15) is 0 Å². The lowest BCUT2D eigenvalue weighted by Gasteiger charge is -2.42. The topological polar surface area (TPSA) is 58.6 Å². The lowest BCUT2D eigenvalue weighted by molar-refractivity contribution is -0.143. The van der Waals surface area contributed by atoms with E-state index in [9.17, 15) is 4.79 Å². The summed E-state index contributed by atoms with van der Waals surface area (Å²) in [4.78, 5) is 10.8. The molecule has 2 fully saturated rings. The van der Waals surface area contributed by atoms with Crippen molar-refractivity contribution in [3.05, 3.63) is 0 Å². The second kappa shape index (κ2) is 3.87. The molecule has 80 valence electrons. The third-order valence-corrected chi connectivity index (χ3v) is 3.49. The maximum absolute atomic E-state index is 10.8. The summed E-state index contributed by atoms with van der Waals surface area (Å²) >= 11 is 0. The van der Waals surface area contributed by atoms with Crippen molar-refractivity contribution in [1.29, 1.82) is 0 Å². The highest BCUT2D eigenvalue weighted by atomic mass is 16.5. The Balaban J connectivity index is 1.90. The average Bonchev–Trinajstić information content (AvgIpc) is 2.19. The second-order valence-corrected chi connectivity index (χ2v) is 4.35. The zero-order chi connectivity index (χ0) is 10.0. The summed E-state index contributed by atoms with van der Waals surface area (Å²) in [5.41, 5.74) is 0.185. The first-order chi connectivity index (χ1) is 6.72. The standard InChI is InChI=1S/C10H17NO3/c12-9(13)8-1-2-10(11-7-8)3-5-14-6-4-10/h8,11H,1-7H2,(H,12,13). The number of nitrogens with one attached hydrogen (secondary N) is 1. The van der Waals surface area contributed by atoms with Crippen molar-refractivity contribution < 1.29 is 14.6 Å². The molecule has 0 amide bonds. The molecule has 4 nitrogen and oxygen atoms in total. The van der Waals surface area contributed by atoms with Crippen molar-refractivity contribution in [3.8, 4) is 0 Å². The predicted molar refractivity (Wildman–Crippen MR) is 51.1 cm³/mol. The molecule has 0 aromatic heterocycles. The number of hydrogen-bond donors (Lipinski definition) is 2. The molecule has 2 aliphatic heterocycles. The lowest BCUT2D eigenvalue weighted by atomic mass is 9.79. The fourth-order valence-electron chi connectivity index (χ4n) is 2.38. The van der Waals surface area contributed by atoms with E-state index in [0.717, 1.165) is 38.9 Å². The normalized spacial score (nSPS) is 31.6. The average molecular weight is 199 g/mol. The molecule has 2 aliphatic rings. The Hall–Kier alpha value is -0.610. The lowest BCUT2D eigenvalue weighted by Crippen LogP contribution is -2.55. The quantitative estimate of drug-likeness (QED) is 0.650. The highest BCUT2D eigenvalue weighted by Gasteiger charge is 2.37. The van der Waals surface area contributed by atoms with Gasteiger partial charge in [0.2, 0.25) is 0 Å². The molecule has 14 heavy (non-hydrogen) atoms. The molecule has 4 heteroatoms. The van der Waals surface area contributed by atoms with E-state index < -0.39 is 5.97 Å². The molecule has 0 radical (unpaired) electrons. The summed E-state index contributed by atoms with van der Waals surface area (Å²) in [5, 5.41) is 12.3. The van der Waals surface area contributed by atoms with Gasteiger partial charge in [-0.2, -0.15) is 0 Å². The predicted octanol–water partition coefficient (Wildman–Crippen LogP) is 0.620. The van der Waals surface area contributed by atoms with Crippen molar-refractivity contribution in [2.75, 3.05) is 19.8 Å². The van der Waals surface area contributed by atoms with E-state index in [-0.39, 0.29) is 11.5 Å². The Morgan fingerprint density at radius 3 is 2.57 bits per heavy atom. The molecule has 0 aliphatic carbocycles. The molecule has 0 saturated carbocycles. The smallest absolute Gasteiger partial charge is 0.307 e. The summed E-state index contributed by atoms with van der Waals surface area (Å²) in [5.74, 6) is -0.858. The molecule has 1 atom stereocenters. The monoisotopic (exact) mass is 199 g/mol. The third-order valence-electron chi connectivity index (χ3n) is 3.49. The fourth-order valence-corrected chi connectivity index (χ4v) is 2.38. The molecular weight excluding hydrogens is 182 g/mol. The largest absolute Gasteiger partial charge is 0.481 e. The van der Waals surface area contributed by atoms with Crippen molar-refractivity contribution in [3.63, 3.8) is 0 Å². The van der Waals surface area contributed by atoms with Crippen LogP contribution in [0, 0.1) is 5.92 Å². The molecule has 2 N–H and O–H groups in total. The number of aliphatic carboxylic acids is 1. The van der Waals surface area contributed by atoms with Crippen LogP contribution in [0.3, 0.4) is 0 Å². The van der Waals surface area contributed by atoms with E-state index in [1.807, 2.05) is 0 Å². The van der Waals surface area contributed by atoms with E-state index in [1.54, 1.807) is 0 Å². The zero-order valence-electron chi connectivity index (χ0n) is 8.29. The third kappa shape index (κ3) is 1.91. The Morgan fingerprint density at radius 1 is 1.36 bits per heavy atom. The van der Waals surface area contributed by atoms with Crippen LogP contribution in [0.25, 0.3) is 0 Å². The van der Waals surface area contributed by atoms with Crippen molar-refractivity contribution in [1.82, 2.24) is 5.32 Å². The van der Waals surface area contributed by atoms with Crippen LogP contribution in [0.5, 0.6) is 0 Å². The number of ether oxygens (including phenoxy) is 1. The van der Waals surface area contributed by atoms with Gasteiger partial charge in [-0.15, -0.1) is 0 Å². The Kier molecular flexibility index (Phi) is 2.74. The maximum atomic E-state index is 10.8. The molecule has 0 bridgehead atoms. The Labute approximate surface area is 83.6 Å². The number of piperidine rings is 1. The van der Waals surface area contributed by atoms with Crippen LogP contribution in [0.1, 0.15) is 25.7 Å². The zero-order valence-corrected chi connectivity index (χ0v) is 8.29. The van der Waals surface area contributed by atoms with E-state index in [2.05, 4.69) is 5.32 Å². The summed E-state index contributed by atoms with van der Waals surface area (Å²) < 4.78 is 5.31. The van der Waals surface area contributed by atoms with Crippen LogP contribution >= 0.6 is 0 Å². The fraction of sp³-hybridized carbons (Fsp3) is 0.900. The van der Waals surface area contributed by atoms with Crippen LogP contribution in [0.2, 0.25) is 0 Å². The number of carboxylic acids is 1. The highest BCUT2D eigenvalue weighted by molar-refractivity contribution is 5.70. The van der Waals surface area contributed by atoms with Gasteiger partial charge in [-0.1, -0.05) is 0 Å². The van der Waals surface area contributed by atoms with Gasteiger partial charge in [0.25, 0.3) is 0 Å². The Morgan fingerprint density at radius 2 is 2.07 bits per heavy atom. The summed E-state index contributed by atoms with van der Waals surface area (Å²) in [6.45, 7) is 2.24. The molecule has 2 rings (SSSR count). The summed E-state index contributed by atoms with van der Waals surface area (Å²) in [6, 6.07) is 0. The van der Waals surface area contributed by atoms with Crippen molar-refractivity contribution in [2.45, 2.75) is 31.2 Å². The van der Waals surface area contributed by atoms with Gasteiger partial charge < -0.3 is 15.2 Å². The molecule has 2 saturated heterocycles. The van der Waals surface area contributed by atoms with Crippen LogP contribution in [-0.4, -0.2) is 36.4 Å².